The number of alkyl halides is 3. The smallest absolute Gasteiger partial charge is 0.416 e. The summed E-state index contributed by atoms with van der Waals surface area (Å²) in [6.07, 6.45) is -1.72. The van der Waals surface area contributed by atoms with E-state index in [0.29, 0.717) is 40.8 Å². The van der Waals surface area contributed by atoms with Gasteiger partial charge in [0.25, 0.3) is 0 Å². The number of hydrogen-bond donors (Lipinski definition) is 0. The maximum absolute atomic E-state index is 12.8. The summed E-state index contributed by atoms with van der Waals surface area (Å²) in [6, 6.07) is 8.39. The molecule has 0 radical (unpaired) electrons. The summed E-state index contributed by atoms with van der Waals surface area (Å²) in [5, 5.41) is 0.380. The molecule has 2 aromatic rings. The molecule has 3 rings (SSSR count). The molecule has 0 N–H and O–H groups in total. The number of esters is 1. The SMILES string of the molecule is CC(=O)OCCc1cc(Cl)c(-c2ccc(C(F)(F)F)cc2)c(OCC2CC2)c1. The summed E-state index contributed by atoms with van der Waals surface area (Å²) in [6.45, 7) is 2.09. The Kier molecular flexibility index (Phi) is 6.18. The summed E-state index contributed by atoms with van der Waals surface area (Å²) in [5.41, 5.74) is 1.22. The van der Waals surface area contributed by atoms with Crippen LogP contribution in [0.1, 0.15) is 30.9 Å². The van der Waals surface area contributed by atoms with Gasteiger partial charge in [-0.05, 0) is 54.2 Å². The van der Waals surface area contributed by atoms with E-state index in [0.717, 1.165) is 30.5 Å². The molecule has 3 nitrogen and oxygen atoms in total. The number of carbonyl (C=O) groups is 1. The maximum Gasteiger partial charge on any atom is 0.416 e. The molecule has 2 aromatic carbocycles. The summed E-state index contributed by atoms with van der Waals surface area (Å²) < 4.78 is 49.4. The summed E-state index contributed by atoms with van der Waals surface area (Å²) in [7, 11) is 0. The molecule has 28 heavy (non-hydrogen) atoms. The summed E-state index contributed by atoms with van der Waals surface area (Å²) >= 11 is 6.46. The zero-order valence-corrected chi connectivity index (χ0v) is 16.1. The van der Waals surface area contributed by atoms with Gasteiger partial charge >= 0.3 is 12.1 Å². The van der Waals surface area contributed by atoms with Gasteiger partial charge in [0.2, 0.25) is 0 Å². The first-order chi connectivity index (χ1) is 13.2. The molecule has 1 fully saturated rings. The Balaban J connectivity index is 1.90. The van der Waals surface area contributed by atoms with Crippen LogP contribution in [-0.2, 0) is 22.1 Å². The van der Waals surface area contributed by atoms with Crippen molar-refractivity contribution in [3.8, 4) is 16.9 Å². The van der Waals surface area contributed by atoms with E-state index in [1.165, 1.54) is 19.1 Å². The molecule has 0 atom stereocenters. The second-order valence-corrected chi connectivity index (χ2v) is 7.28. The van der Waals surface area contributed by atoms with Crippen LogP contribution in [0, 0.1) is 5.92 Å². The Morgan fingerprint density at radius 3 is 2.43 bits per heavy atom. The van der Waals surface area contributed by atoms with Gasteiger partial charge in [-0.15, -0.1) is 0 Å². The first-order valence-electron chi connectivity index (χ1n) is 9.00. The number of ether oxygens (including phenoxy) is 2. The van der Waals surface area contributed by atoms with Crippen LogP contribution >= 0.6 is 11.6 Å². The van der Waals surface area contributed by atoms with Gasteiger partial charge in [0.05, 0.1) is 23.8 Å². The summed E-state index contributed by atoms with van der Waals surface area (Å²) in [5.74, 6) is 0.665. The minimum absolute atomic E-state index is 0.216. The largest absolute Gasteiger partial charge is 0.493 e. The van der Waals surface area contributed by atoms with E-state index in [-0.39, 0.29) is 12.6 Å². The molecule has 150 valence electrons. The van der Waals surface area contributed by atoms with Crippen LogP contribution in [0.15, 0.2) is 36.4 Å². The van der Waals surface area contributed by atoms with E-state index in [4.69, 9.17) is 21.1 Å². The Morgan fingerprint density at radius 1 is 1.18 bits per heavy atom. The van der Waals surface area contributed by atoms with Crippen LogP contribution in [-0.4, -0.2) is 19.2 Å². The fraction of sp³-hybridized carbons (Fsp3) is 0.381. The molecule has 0 aromatic heterocycles. The minimum atomic E-state index is -4.39. The van der Waals surface area contributed by atoms with Gasteiger partial charge in [-0.1, -0.05) is 23.7 Å². The van der Waals surface area contributed by atoms with Crippen molar-refractivity contribution in [1.82, 2.24) is 0 Å². The lowest BCUT2D eigenvalue weighted by molar-refractivity contribution is -0.141. The van der Waals surface area contributed by atoms with Crippen LogP contribution in [0.5, 0.6) is 5.75 Å². The van der Waals surface area contributed by atoms with Gasteiger partial charge in [-0.25, -0.2) is 0 Å². The van der Waals surface area contributed by atoms with E-state index in [1.54, 1.807) is 6.07 Å². The fourth-order valence-electron chi connectivity index (χ4n) is 2.80. The minimum Gasteiger partial charge on any atom is -0.493 e. The molecule has 7 heteroatoms. The summed E-state index contributed by atoms with van der Waals surface area (Å²) in [4.78, 5) is 10.9. The molecular formula is C21H20ClF3O3. The first kappa shape index (κ1) is 20.5. The van der Waals surface area contributed by atoms with Crippen LogP contribution in [0.4, 0.5) is 13.2 Å². The Bertz CT molecular complexity index is 843. The van der Waals surface area contributed by atoms with E-state index < -0.39 is 11.7 Å². The van der Waals surface area contributed by atoms with Crippen molar-refractivity contribution in [2.75, 3.05) is 13.2 Å². The lowest BCUT2D eigenvalue weighted by Gasteiger charge is -2.16. The average molecular weight is 413 g/mol. The molecule has 1 aliphatic carbocycles. The number of hydrogen-bond acceptors (Lipinski definition) is 3. The van der Waals surface area contributed by atoms with Gasteiger partial charge in [-0.3, -0.25) is 4.79 Å². The quantitative estimate of drug-likeness (QED) is 0.529. The van der Waals surface area contributed by atoms with Crippen LogP contribution in [0.3, 0.4) is 0 Å². The second-order valence-electron chi connectivity index (χ2n) is 6.87. The molecule has 0 unspecified atom stereocenters. The third-order valence-electron chi connectivity index (χ3n) is 4.48. The Hall–Kier alpha value is -2.21. The van der Waals surface area contributed by atoms with Gasteiger partial charge in [-0.2, -0.15) is 13.2 Å². The van der Waals surface area contributed by atoms with E-state index in [9.17, 15) is 18.0 Å². The zero-order valence-electron chi connectivity index (χ0n) is 15.3. The topological polar surface area (TPSA) is 35.5 Å². The molecule has 1 saturated carbocycles. The van der Waals surface area contributed by atoms with E-state index in [2.05, 4.69) is 0 Å². The Labute approximate surface area is 166 Å². The van der Waals surface area contributed by atoms with Gasteiger partial charge < -0.3 is 9.47 Å². The van der Waals surface area contributed by atoms with Crippen molar-refractivity contribution in [3.63, 3.8) is 0 Å². The van der Waals surface area contributed by atoms with Crippen molar-refractivity contribution < 1.29 is 27.4 Å². The van der Waals surface area contributed by atoms with Gasteiger partial charge in [0.15, 0.2) is 0 Å². The monoisotopic (exact) mass is 412 g/mol. The van der Waals surface area contributed by atoms with Crippen LogP contribution in [0.2, 0.25) is 5.02 Å². The van der Waals surface area contributed by atoms with Crippen molar-refractivity contribution in [2.24, 2.45) is 5.92 Å². The van der Waals surface area contributed by atoms with Crippen molar-refractivity contribution in [1.29, 1.82) is 0 Å². The highest BCUT2D eigenvalue weighted by molar-refractivity contribution is 6.33. The predicted octanol–water partition coefficient (Wildman–Crippen LogP) is 5.92. The fourth-order valence-corrected chi connectivity index (χ4v) is 3.15. The lowest BCUT2D eigenvalue weighted by atomic mass is 10.00. The molecule has 1 aliphatic rings. The molecule has 0 bridgehead atoms. The highest BCUT2D eigenvalue weighted by atomic mass is 35.5. The van der Waals surface area contributed by atoms with Gasteiger partial charge in [0.1, 0.15) is 5.75 Å². The molecule has 0 spiro atoms. The van der Waals surface area contributed by atoms with E-state index in [1.807, 2.05) is 6.07 Å². The molecule has 0 amide bonds. The highest BCUT2D eigenvalue weighted by Crippen LogP contribution is 2.40. The second kappa shape index (κ2) is 8.43. The van der Waals surface area contributed by atoms with Crippen molar-refractivity contribution in [3.05, 3.63) is 52.5 Å². The predicted molar refractivity (Wildman–Crippen MR) is 100 cm³/mol. The number of benzene rings is 2. The van der Waals surface area contributed by atoms with Crippen LogP contribution in [0.25, 0.3) is 11.1 Å². The average Bonchev–Trinajstić information content (AvgIpc) is 3.43. The molecule has 0 aliphatic heterocycles. The third kappa shape index (κ3) is 5.41. The normalized spacial score (nSPS) is 14.0. The lowest BCUT2D eigenvalue weighted by Crippen LogP contribution is -2.06. The van der Waals surface area contributed by atoms with E-state index >= 15 is 0 Å². The van der Waals surface area contributed by atoms with Crippen molar-refractivity contribution >= 4 is 17.6 Å². The third-order valence-corrected chi connectivity index (χ3v) is 4.78. The highest BCUT2D eigenvalue weighted by Gasteiger charge is 2.30. The Morgan fingerprint density at radius 2 is 1.86 bits per heavy atom. The van der Waals surface area contributed by atoms with Gasteiger partial charge in [0, 0.05) is 18.9 Å². The molecule has 0 saturated heterocycles. The number of carbonyl (C=O) groups excluding carboxylic acids is 1. The first-order valence-corrected chi connectivity index (χ1v) is 9.38. The molecular weight excluding hydrogens is 393 g/mol. The van der Waals surface area contributed by atoms with Crippen LogP contribution < -0.4 is 4.74 Å². The number of rotatable bonds is 7. The maximum atomic E-state index is 12.8. The van der Waals surface area contributed by atoms with Crippen molar-refractivity contribution in [2.45, 2.75) is 32.4 Å². The number of halogens is 4. The zero-order chi connectivity index (χ0) is 20.3. The molecule has 0 heterocycles. The standard InChI is InChI=1S/C21H20ClF3O3/c1-13(26)27-9-8-15-10-18(22)20(19(11-15)28-12-14-2-3-14)16-4-6-17(7-5-16)21(23,24)25/h4-7,10-11,14H,2-3,8-9,12H2,1H3.